The number of nitrogens with zero attached hydrogens (tertiary/aromatic N) is 6. The number of hydrogen-bond acceptors (Lipinski definition) is 8. The molecule has 2 fully saturated rings. The molecule has 2 unspecified atom stereocenters. The van der Waals surface area contributed by atoms with Gasteiger partial charge in [-0.15, -0.1) is 10.2 Å². The zero-order chi connectivity index (χ0) is 19.1. The zero-order valence-electron chi connectivity index (χ0n) is 15.3. The van der Waals surface area contributed by atoms with Gasteiger partial charge in [-0.25, -0.2) is 4.98 Å². The summed E-state index contributed by atoms with van der Waals surface area (Å²) in [5, 5.41) is 18.5. The fourth-order valence-electron chi connectivity index (χ4n) is 4.34. The first-order valence-corrected chi connectivity index (χ1v) is 9.38. The number of phenols is 1. The molecule has 3 N–H and O–H groups in total. The quantitative estimate of drug-likeness (QED) is 0.716. The number of nitrogens with two attached hydrogens (primary N) is 1. The lowest BCUT2D eigenvalue weighted by molar-refractivity contribution is 0.476. The normalized spacial score (nSPS) is 21.1. The fourth-order valence-corrected chi connectivity index (χ4v) is 4.34. The summed E-state index contributed by atoms with van der Waals surface area (Å²) >= 11 is 0. The molecule has 2 aliphatic rings. The molecule has 0 radical (unpaired) electrons. The number of aromatic hydroxyl groups is 1. The molecule has 0 spiro atoms. The number of phenolic OH excluding ortho intramolecular Hbond substituents is 1. The molecule has 2 bridgehead atoms. The summed E-state index contributed by atoms with van der Waals surface area (Å²) in [6.07, 6.45) is 6.39. The van der Waals surface area contributed by atoms with Crippen LogP contribution in [0.2, 0.25) is 0 Å². The molecule has 1 aromatic carbocycles. The summed E-state index contributed by atoms with van der Waals surface area (Å²) < 4.78 is 0. The highest BCUT2D eigenvalue weighted by molar-refractivity contribution is 5.74. The van der Waals surface area contributed by atoms with Gasteiger partial charge in [0.25, 0.3) is 0 Å². The molecule has 4 heterocycles. The lowest BCUT2D eigenvalue weighted by Crippen LogP contribution is -2.43. The van der Waals surface area contributed by atoms with Crippen molar-refractivity contribution in [2.75, 3.05) is 35.2 Å². The summed E-state index contributed by atoms with van der Waals surface area (Å²) in [5.41, 5.74) is 8.31. The monoisotopic (exact) mass is 375 g/mol. The van der Waals surface area contributed by atoms with Crippen molar-refractivity contribution in [3.63, 3.8) is 0 Å². The van der Waals surface area contributed by atoms with Crippen LogP contribution in [-0.4, -0.2) is 50.9 Å². The topological polar surface area (TPSA) is 104 Å². The second kappa shape index (κ2) is 6.63. The smallest absolute Gasteiger partial charge is 0.169 e. The van der Waals surface area contributed by atoms with Crippen LogP contribution in [0.5, 0.6) is 5.75 Å². The van der Waals surface area contributed by atoms with Crippen LogP contribution in [-0.2, 0) is 0 Å². The van der Waals surface area contributed by atoms with Crippen molar-refractivity contribution in [3.05, 3.63) is 48.9 Å². The van der Waals surface area contributed by atoms with Crippen molar-refractivity contribution in [1.82, 2.24) is 20.2 Å². The summed E-state index contributed by atoms with van der Waals surface area (Å²) in [5.74, 6) is 2.04. The van der Waals surface area contributed by atoms with Crippen molar-refractivity contribution in [3.8, 4) is 17.0 Å². The first kappa shape index (κ1) is 16.7. The Morgan fingerprint density at radius 1 is 1.07 bits per heavy atom. The summed E-state index contributed by atoms with van der Waals surface area (Å²) in [7, 11) is 0. The number of fused-ring (bicyclic) bond motifs is 2. The molecule has 8 heteroatoms. The molecule has 28 heavy (non-hydrogen) atoms. The molecule has 0 saturated carbocycles. The van der Waals surface area contributed by atoms with Gasteiger partial charge in [-0.3, -0.25) is 4.98 Å². The van der Waals surface area contributed by atoms with Crippen LogP contribution >= 0.6 is 0 Å². The van der Waals surface area contributed by atoms with Gasteiger partial charge in [-0.05, 0) is 30.5 Å². The molecule has 8 nitrogen and oxygen atoms in total. The summed E-state index contributed by atoms with van der Waals surface area (Å²) in [6.45, 7) is 2.71. The molecule has 2 aliphatic heterocycles. The second-order valence-corrected chi connectivity index (χ2v) is 7.39. The maximum atomic E-state index is 10.2. The molecule has 2 atom stereocenters. The Morgan fingerprint density at radius 3 is 2.79 bits per heavy atom. The van der Waals surface area contributed by atoms with Crippen molar-refractivity contribution < 1.29 is 5.11 Å². The van der Waals surface area contributed by atoms with E-state index in [2.05, 4.69) is 30.0 Å². The van der Waals surface area contributed by atoms with Gasteiger partial charge in [0, 0.05) is 43.6 Å². The van der Waals surface area contributed by atoms with Crippen molar-refractivity contribution in [1.29, 1.82) is 0 Å². The van der Waals surface area contributed by atoms with E-state index in [-0.39, 0.29) is 5.75 Å². The Morgan fingerprint density at radius 2 is 1.96 bits per heavy atom. The molecule has 3 aromatic rings. The number of benzene rings is 1. The van der Waals surface area contributed by atoms with E-state index in [1.165, 1.54) is 0 Å². The van der Waals surface area contributed by atoms with Gasteiger partial charge in [0.05, 0.1) is 17.6 Å². The Balaban J connectivity index is 1.45. The zero-order valence-corrected chi connectivity index (χ0v) is 15.3. The molecule has 0 amide bonds. The minimum Gasteiger partial charge on any atom is -0.507 e. The Labute approximate surface area is 162 Å². The van der Waals surface area contributed by atoms with Crippen LogP contribution in [0.4, 0.5) is 17.3 Å². The SMILES string of the molecule is Nc1nnc(-c2ccccc2O)cc1N1CC2CC(C1)N(c1cnccn1)C2. The average molecular weight is 375 g/mol. The number of rotatable bonds is 3. The molecule has 2 saturated heterocycles. The van der Waals surface area contributed by atoms with E-state index in [9.17, 15) is 5.11 Å². The Kier molecular flexibility index (Phi) is 3.96. The number of nitrogen functional groups attached to an aromatic ring is 1. The molecule has 142 valence electrons. The minimum absolute atomic E-state index is 0.181. The Bertz CT molecular complexity index is 997. The molecular weight excluding hydrogens is 354 g/mol. The van der Waals surface area contributed by atoms with Crippen LogP contribution in [0, 0.1) is 5.92 Å². The van der Waals surface area contributed by atoms with E-state index in [0.29, 0.717) is 29.0 Å². The van der Waals surface area contributed by atoms with Gasteiger partial charge in [0.1, 0.15) is 11.6 Å². The first-order chi connectivity index (χ1) is 13.7. The number of anilines is 3. The predicted molar refractivity (Wildman–Crippen MR) is 107 cm³/mol. The van der Waals surface area contributed by atoms with Crippen LogP contribution < -0.4 is 15.5 Å². The van der Waals surface area contributed by atoms with E-state index in [1.807, 2.05) is 24.4 Å². The van der Waals surface area contributed by atoms with E-state index >= 15 is 0 Å². The molecular formula is C20H21N7O. The molecule has 5 rings (SSSR count). The van der Waals surface area contributed by atoms with Crippen molar-refractivity contribution in [2.24, 2.45) is 5.92 Å². The predicted octanol–water partition coefficient (Wildman–Crippen LogP) is 1.94. The molecule has 2 aromatic heterocycles. The molecule has 0 aliphatic carbocycles. The number of aromatic nitrogens is 4. The third-order valence-corrected chi connectivity index (χ3v) is 5.58. The number of piperidine rings is 1. The van der Waals surface area contributed by atoms with Crippen LogP contribution in [0.3, 0.4) is 0 Å². The number of para-hydroxylation sites is 1. The van der Waals surface area contributed by atoms with Gasteiger partial charge < -0.3 is 20.6 Å². The van der Waals surface area contributed by atoms with Crippen LogP contribution in [0.15, 0.2) is 48.9 Å². The summed E-state index contributed by atoms with van der Waals surface area (Å²) in [6, 6.07) is 9.41. The highest BCUT2D eigenvalue weighted by Gasteiger charge is 2.40. The first-order valence-electron chi connectivity index (χ1n) is 9.38. The van der Waals surface area contributed by atoms with E-state index in [0.717, 1.165) is 37.6 Å². The van der Waals surface area contributed by atoms with Crippen molar-refractivity contribution >= 4 is 17.3 Å². The van der Waals surface area contributed by atoms with Gasteiger partial charge in [-0.1, -0.05) is 12.1 Å². The Hall–Kier alpha value is -3.42. The maximum absolute atomic E-state index is 10.2. The van der Waals surface area contributed by atoms with E-state index in [1.54, 1.807) is 24.5 Å². The lowest BCUT2D eigenvalue weighted by Gasteiger charge is -2.34. The highest BCUT2D eigenvalue weighted by Crippen LogP contribution is 2.37. The standard InChI is InChI=1S/C20H21N7O/c21-20-17(8-16(24-25-20)15-3-1-2-4-18(15)28)26-10-13-7-14(12-26)27(11-13)19-9-22-5-6-23-19/h1-6,8-9,13-14,28H,7,10-12H2,(H2,21,25). The van der Waals surface area contributed by atoms with Crippen LogP contribution in [0.25, 0.3) is 11.3 Å². The largest absolute Gasteiger partial charge is 0.507 e. The average Bonchev–Trinajstić information content (AvgIpc) is 3.03. The third-order valence-electron chi connectivity index (χ3n) is 5.58. The van der Waals surface area contributed by atoms with E-state index < -0.39 is 0 Å². The highest BCUT2D eigenvalue weighted by atomic mass is 16.3. The number of hydrogen-bond donors (Lipinski definition) is 2. The minimum atomic E-state index is 0.181. The van der Waals surface area contributed by atoms with Crippen LogP contribution in [0.1, 0.15) is 6.42 Å². The summed E-state index contributed by atoms with van der Waals surface area (Å²) in [4.78, 5) is 13.3. The second-order valence-electron chi connectivity index (χ2n) is 7.39. The van der Waals surface area contributed by atoms with Gasteiger partial charge in [0.2, 0.25) is 0 Å². The van der Waals surface area contributed by atoms with Gasteiger partial charge >= 0.3 is 0 Å². The van der Waals surface area contributed by atoms with E-state index in [4.69, 9.17) is 5.73 Å². The van der Waals surface area contributed by atoms with Gasteiger partial charge in [0.15, 0.2) is 5.82 Å². The van der Waals surface area contributed by atoms with Gasteiger partial charge in [-0.2, -0.15) is 0 Å². The maximum Gasteiger partial charge on any atom is 0.169 e. The lowest BCUT2D eigenvalue weighted by atomic mass is 9.99. The third kappa shape index (κ3) is 2.87. The fraction of sp³-hybridized carbons (Fsp3) is 0.300. The van der Waals surface area contributed by atoms with Crippen molar-refractivity contribution in [2.45, 2.75) is 12.5 Å².